The topological polar surface area (TPSA) is 52.9 Å². The summed E-state index contributed by atoms with van der Waals surface area (Å²) in [6.07, 6.45) is 4.33. The van der Waals surface area contributed by atoms with Gasteiger partial charge in [-0.3, -0.25) is 0 Å². The van der Waals surface area contributed by atoms with Crippen molar-refractivity contribution in [2.24, 2.45) is 0 Å². The zero-order chi connectivity index (χ0) is 29.0. The summed E-state index contributed by atoms with van der Waals surface area (Å²) in [4.78, 5) is 2.17. The van der Waals surface area contributed by atoms with E-state index < -0.39 is 5.66 Å². The number of furan rings is 1. The van der Waals surface area contributed by atoms with Crippen molar-refractivity contribution in [2.45, 2.75) is 5.66 Å². The molecule has 0 saturated carbocycles. The third-order valence-corrected chi connectivity index (χ3v) is 10.00. The number of aromatic nitrogens is 5. The maximum absolute atomic E-state index is 6.75. The van der Waals surface area contributed by atoms with E-state index in [-0.39, 0.29) is 0 Å². The van der Waals surface area contributed by atoms with Gasteiger partial charge in [0.2, 0.25) is 0 Å². The Balaban J connectivity index is 1.23. The average Bonchev–Trinajstić information content (AvgIpc) is 3.84. The first-order valence-corrected chi connectivity index (χ1v) is 15.1. The molecule has 0 N–H and O–H groups in total. The number of hydrogen-bond donors (Lipinski definition) is 0. The quantitative estimate of drug-likeness (QED) is 0.194. The molecular weight excluding hydrogens is 558 g/mol. The van der Waals surface area contributed by atoms with Gasteiger partial charge in [0.25, 0.3) is 5.82 Å². The summed E-state index contributed by atoms with van der Waals surface area (Å²) in [6, 6.07) is 40.3. The van der Waals surface area contributed by atoms with Crippen molar-refractivity contribution in [1.82, 2.24) is 14.3 Å². The van der Waals surface area contributed by atoms with E-state index in [1.807, 2.05) is 12.1 Å². The Hall–Kier alpha value is -6.21. The van der Waals surface area contributed by atoms with Crippen LogP contribution in [-0.4, -0.2) is 14.3 Å². The van der Waals surface area contributed by atoms with Gasteiger partial charge in [0.1, 0.15) is 40.1 Å². The van der Waals surface area contributed by atoms with Gasteiger partial charge in [0.15, 0.2) is 22.3 Å². The Kier molecular flexibility index (Phi) is 3.62. The lowest BCUT2D eigenvalue weighted by Crippen LogP contribution is -2.77. The first kappa shape index (κ1) is 22.3. The summed E-state index contributed by atoms with van der Waals surface area (Å²) < 4.78 is 19.8. The normalized spacial score (nSPS) is 16.7. The van der Waals surface area contributed by atoms with E-state index in [1.54, 1.807) is 0 Å². The van der Waals surface area contributed by atoms with Gasteiger partial charge in [-0.1, -0.05) is 47.1 Å². The van der Waals surface area contributed by atoms with E-state index in [0.29, 0.717) is 0 Å². The third kappa shape index (κ3) is 2.37. The molecule has 208 valence electrons. The average molecular weight is 580 g/mol. The van der Waals surface area contributed by atoms with Gasteiger partial charge < -0.3 is 9.15 Å². The van der Waals surface area contributed by atoms with E-state index in [9.17, 15) is 0 Å². The molecule has 1 unspecified atom stereocenters. The highest BCUT2D eigenvalue weighted by molar-refractivity contribution is 6.11. The molecule has 9 aromatic rings. The molecule has 3 aliphatic rings. The molecule has 0 radical (unpaired) electrons. The summed E-state index contributed by atoms with van der Waals surface area (Å²) in [7, 11) is 0. The van der Waals surface area contributed by atoms with Crippen LogP contribution in [0.15, 0.2) is 132 Å². The predicted octanol–water partition coefficient (Wildman–Crippen LogP) is 7.14. The number of hydrogen-bond acceptors (Lipinski definition) is 3. The van der Waals surface area contributed by atoms with Crippen LogP contribution in [0.4, 0.5) is 0 Å². The lowest BCUT2D eigenvalue weighted by molar-refractivity contribution is -1.02. The molecule has 0 aliphatic carbocycles. The molecule has 0 fully saturated rings. The maximum Gasteiger partial charge on any atom is 0.423 e. The molecule has 1 atom stereocenters. The van der Waals surface area contributed by atoms with Gasteiger partial charge in [-0.2, -0.15) is 9.13 Å². The lowest BCUT2D eigenvalue weighted by atomic mass is 9.84. The Bertz CT molecular complexity index is 2820. The van der Waals surface area contributed by atoms with Crippen molar-refractivity contribution in [2.75, 3.05) is 0 Å². The summed E-state index contributed by atoms with van der Waals surface area (Å²) in [5, 5.41) is 10.1. The Labute approximate surface area is 254 Å². The number of para-hydroxylation sites is 2. The molecule has 7 heteroatoms. The summed E-state index contributed by atoms with van der Waals surface area (Å²) >= 11 is 0. The first-order chi connectivity index (χ1) is 22.3. The fourth-order valence-electron chi connectivity index (χ4n) is 8.28. The Morgan fingerprint density at radius 2 is 1.51 bits per heavy atom. The Morgan fingerprint density at radius 1 is 0.667 bits per heavy atom. The van der Waals surface area contributed by atoms with Crippen molar-refractivity contribution in [3.8, 4) is 34.3 Å². The van der Waals surface area contributed by atoms with Crippen LogP contribution in [0.3, 0.4) is 0 Å². The zero-order valence-electron chi connectivity index (χ0n) is 23.7. The van der Waals surface area contributed by atoms with Crippen LogP contribution in [0.2, 0.25) is 0 Å². The molecule has 7 heterocycles. The van der Waals surface area contributed by atoms with Gasteiger partial charge in [-0.15, -0.1) is 0 Å². The molecule has 45 heavy (non-hydrogen) atoms. The fourth-order valence-corrected chi connectivity index (χ4v) is 8.28. The van der Waals surface area contributed by atoms with Crippen LogP contribution < -0.4 is 14.1 Å². The van der Waals surface area contributed by atoms with Crippen LogP contribution in [-0.2, 0) is 5.66 Å². The van der Waals surface area contributed by atoms with Gasteiger partial charge in [0, 0.05) is 38.3 Å². The number of nitrogens with zero attached hydrogens (tertiary/aromatic N) is 5. The van der Waals surface area contributed by atoms with E-state index in [1.165, 1.54) is 16.3 Å². The SMILES string of the molecule is c1cc2c3c(c1)-n1cc(-c4ccc5oc6ccccc6c5c4)n[n+]1C31c3c(ccc4c5ccccc5n(c34)-c3cccc[n+]31)O2. The molecule has 0 saturated heterocycles. The van der Waals surface area contributed by atoms with Crippen molar-refractivity contribution in [1.29, 1.82) is 0 Å². The minimum absolute atomic E-state index is 0.801. The second kappa shape index (κ2) is 7.29. The molecule has 3 aliphatic heterocycles. The smallest absolute Gasteiger partial charge is 0.423 e. The zero-order valence-corrected chi connectivity index (χ0v) is 23.7. The van der Waals surface area contributed by atoms with Gasteiger partial charge >= 0.3 is 5.66 Å². The molecule has 0 bridgehead atoms. The number of rotatable bonds is 1. The minimum Gasteiger partial charge on any atom is -0.456 e. The van der Waals surface area contributed by atoms with Gasteiger partial charge in [-0.25, -0.2) is 0 Å². The fraction of sp³-hybridized carbons (Fsp3) is 0.0263. The number of pyridine rings is 1. The highest BCUT2D eigenvalue weighted by atomic mass is 16.5. The second-order valence-electron chi connectivity index (χ2n) is 12.1. The van der Waals surface area contributed by atoms with E-state index in [0.717, 1.165) is 72.8 Å². The highest BCUT2D eigenvalue weighted by Crippen LogP contribution is 2.54. The van der Waals surface area contributed by atoms with Crippen molar-refractivity contribution < 1.29 is 18.5 Å². The van der Waals surface area contributed by atoms with Crippen LogP contribution >= 0.6 is 0 Å². The molecule has 5 aromatic carbocycles. The summed E-state index contributed by atoms with van der Waals surface area (Å²) in [6.45, 7) is 0. The third-order valence-electron chi connectivity index (χ3n) is 10.00. The number of fused-ring (bicyclic) bond motifs is 10. The summed E-state index contributed by atoms with van der Waals surface area (Å²) in [5.41, 5.74) is 8.44. The molecule has 0 amide bonds. The second-order valence-corrected chi connectivity index (χ2v) is 12.1. The highest BCUT2D eigenvalue weighted by Gasteiger charge is 2.70. The monoisotopic (exact) mass is 579 g/mol. The van der Waals surface area contributed by atoms with E-state index >= 15 is 0 Å². The molecule has 1 spiro atoms. The molecule has 12 rings (SSSR count). The number of benzene rings is 5. The van der Waals surface area contributed by atoms with Crippen LogP contribution in [0.25, 0.3) is 66.5 Å². The Morgan fingerprint density at radius 3 is 2.49 bits per heavy atom. The maximum atomic E-state index is 6.75. The van der Waals surface area contributed by atoms with Crippen LogP contribution in [0, 0.1) is 0 Å². The number of ether oxygens (including phenoxy) is 1. The van der Waals surface area contributed by atoms with Crippen molar-refractivity contribution >= 4 is 43.7 Å². The lowest BCUT2D eigenvalue weighted by Gasteiger charge is -2.31. The first-order valence-electron chi connectivity index (χ1n) is 15.1. The van der Waals surface area contributed by atoms with Crippen molar-refractivity contribution in [3.05, 3.63) is 139 Å². The largest absolute Gasteiger partial charge is 0.456 e. The van der Waals surface area contributed by atoms with Crippen LogP contribution in [0.5, 0.6) is 11.5 Å². The molecule has 4 aromatic heterocycles. The molecule has 7 nitrogen and oxygen atoms in total. The minimum atomic E-state index is -0.801. The van der Waals surface area contributed by atoms with Gasteiger partial charge in [-0.05, 0) is 66.7 Å². The standard InChI is InChI=1S/C38H21N5O2/c1-3-10-28-23(8-1)25-16-18-33-36-37(25)42(28)34-14-5-6-19-40(34)38(36)35-29(11-7-13-32(35)45-33)41-21-27(39-43(38)41)22-15-17-31-26(20-22)24-9-2-4-12-30(24)44-31/h1-21H/q+2. The van der Waals surface area contributed by atoms with E-state index in [4.69, 9.17) is 14.3 Å². The van der Waals surface area contributed by atoms with Crippen molar-refractivity contribution in [3.63, 3.8) is 0 Å². The predicted molar refractivity (Wildman–Crippen MR) is 169 cm³/mol. The molecular formula is C38H21N5O2+2. The van der Waals surface area contributed by atoms with E-state index in [2.05, 4.69) is 134 Å². The van der Waals surface area contributed by atoms with Gasteiger partial charge in [0.05, 0.1) is 11.0 Å². The van der Waals surface area contributed by atoms with Crippen LogP contribution in [0.1, 0.15) is 11.1 Å². The summed E-state index contributed by atoms with van der Waals surface area (Å²) in [5.74, 6) is 2.76.